The Bertz CT molecular complexity index is 592. The quantitative estimate of drug-likeness (QED) is 0.916. The number of H-pyrrole nitrogens is 1. The summed E-state index contributed by atoms with van der Waals surface area (Å²) in [5, 5.41) is 2.72. The molecule has 0 spiro atoms. The standard InChI is InChI=1S/C12H12BrN3O2/c13-8-3-4-9-10(5-8)16-11(15-9)18-12(17)14-6-7-1-2-7/h3-5,7H,1-2,6H2,(H,14,17)(H,15,16). The number of halogens is 1. The number of aromatic amines is 1. The summed E-state index contributed by atoms with van der Waals surface area (Å²) in [7, 11) is 0. The summed E-state index contributed by atoms with van der Waals surface area (Å²) in [6.45, 7) is 0.685. The van der Waals surface area contributed by atoms with Crippen molar-refractivity contribution in [3.8, 4) is 6.01 Å². The number of nitrogens with one attached hydrogen (secondary N) is 2. The second kappa shape index (κ2) is 4.61. The van der Waals surface area contributed by atoms with E-state index in [4.69, 9.17) is 4.74 Å². The molecule has 1 amide bonds. The van der Waals surface area contributed by atoms with Crippen molar-refractivity contribution >= 4 is 33.1 Å². The van der Waals surface area contributed by atoms with Crippen molar-refractivity contribution in [1.29, 1.82) is 0 Å². The predicted molar refractivity (Wildman–Crippen MR) is 70.5 cm³/mol. The number of imidazole rings is 1. The van der Waals surface area contributed by atoms with E-state index in [0.29, 0.717) is 12.5 Å². The lowest BCUT2D eigenvalue weighted by atomic mass is 10.3. The highest BCUT2D eigenvalue weighted by atomic mass is 79.9. The summed E-state index contributed by atoms with van der Waals surface area (Å²) in [6.07, 6.45) is 1.93. The Morgan fingerprint density at radius 3 is 3.17 bits per heavy atom. The maximum atomic E-state index is 11.5. The number of hydrogen-bond donors (Lipinski definition) is 2. The van der Waals surface area contributed by atoms with E-state index in [9.17, 15) is 4.79 Å². The van der Waals surface area contributed by atoms with E-state index < -0.39 is 6.09 Å². The number of carbonyl (C=O) groups is 1. The van der Waals surface area contributed by atoms with E-state index in [0.717, 1.165) is 15.5 Å². The van der Waals surface area contributed by atoms with Gasteiger partial charge >= 0.3 is 12.1 Å². The Hall–Kier alpha value is -1.56. The zero-order chi connectivity index (χ0) is 12.5. The molecule has 0 radical (unpaired) electrons. The van der Waals surface area contributed by atoms with Crippen LogP contribution in [0.5, 0.6) is 6.01 Å². The van der Waals surface area contributed by atoms with E-state index >= 15 is 0 Å². The lowest BCUT2D eigenvalue weighted by Gasteiger charge is -2.02. The normalized spacial score (nSPS) is 14.7. The Morgan fingerprint density at radius 2 is 2.39 bits per heavy atom. The molecule has 0 unspecified atom stereocenters. The van der Waals surface area contributed by atoms with E-state index in [-0.39, 0.29) is 6.01 Å². The molecule has 1 aromatic carbocycles. The van der Waals surface area contributed by atoms with Crippen molar-refractivity contribution in [1.82, 2.24) is 15.3 Å². The minimum absolute atomic E-state index is 0.219. The number of fused-ring (bicyclic) bond motifs is 1. The number of nitrogens with zero attached hydrogens (tertiary/aromatic N) is 1. The van der Waals surface area contributed by atoms with Crippen molar-refractivity contribution in [3.63, 3.8) is 0 Å². The molecule has 5 nitrogen and oxygen atoms in total. The van der Waals surface area contributed by atoms with E-state index in [2.05, 4.69) is 31.2 Å². The largest absolute Gasteiger partial charge is 0.415 e. The molecule has 2 N–H and O–H groups in total. The molecule has 6 heteroatoms. The van der Waals surface area contributed by atoms with Crippen LogP contribution in [0.2, 0.25) is 0 Å². The van der Waals surface area contributed by atoms with Crippen molar-refractivity contribution in [2.45, 2.75) is 12.8 Å². The van der Waals surface area contributed by atoms with Gasteiger partial charge in [-0.05, 0) is 37.0 Å². The molecule has 1 saturated carbocycles. The Morgan fingerprint density at radius 1 is 1.56 bits per heavy atom. The third-order valence-corrected chi connectivity index (χ3v) is 3.34. The molecule has 94 valence electrons. The minimum Gasteiger partial charge on any atom is -0.375 e. The van der Waals surface area contributed by atoms with Gasteiger partial charge in [-0.3, -0.25) is 0 Å². The van der Waals surface area contributed by atoms with E-state index in [1.54, 1.807) is 0 Å². The number of ether oxygens (including phenoxy) is 1. The maximum Gasteiger partial charge on any atom is 0.415 e. The summed E-state index contributed by atoms with van der Waals surface area (Å²) >= 11 is 3.37. The van der Waals surface area contributed by atoms with Crippen LogP contribution in [0.15, 0.2) is 22.7 Å². The summed E-state index contributed by atoms with van der Waals surface area (Å²) in [5.74, 6) is 0.629. The molecule has 0 atom stereocenters. The van der Waals surface area contributed by atoms with Gasteiger partial charge in [-0.2, -0.15) is 4.98 Å². The molecule has 18 heavy (non-hydrogen) atoms. The topological polar surface area (TPSA) is 67.0 Å². The number of amides is 1. The van der Waals surface area contributed by atoms with Gasteiger partial charge in [0.1, 0.15) is 0 Å². The van der Waals surface area contributed by atoms with Crippen LogP contribution in [0.4, 0.5) is 4.79 Å². The van der Waals surface area contributed by atoms with Crippen LogP contribution >= 0.6 is 15.9 Å². The molecule has 1 aliphatic carbocycles. The van der Waals surface area contributed by atoms with E-state index in [1.807, 2.05) is 18.2 Å². The summed E-state index contributed by atoms with van der Waals surface area (Å²) < 4.78 is 6.03. The van der Waals surface area contributed by atoms with E-state index in [1.165, 1.54) is 12.8 Å². The first-order valence-corrected chi connectivity index (χ1v) is 6.61. The lowest BCUT2D eigenvalue weighted by Crippen LogP contribution is -2.28. The molecular formula is C12H12BrN3O2. The van der Waals surface area contributed by atoms with Gasteiger partial charge in [0.15, 0.2) is 0 Å². The van der Waals surface area contributed by atoms with Gasteiger partial charge in [0.2, 0.25) is 0 Å². The second-order valence-corrected chi connectivity index (χ2v) is 5.33. The molecule has 1 heterocycles. The zero-order valence-corrected chi connectivity index (χ0v) is 11.2. The number of carbonyl (C=O) groups excluding carboxylic acids is 1. The minimum atomic E-state index is -0.458. The molecule has 3 rings (SSSR count). The van der Waals surface area contributed by atoms with Crippen molar-refractivity contribution in [3.05, 3.63) is 22.7 Å². The van der Waals surface area contributed by atoms with Gasteiger partial charge in [-0.25, -0.2) is 4.79 Å². The average Bonchev–Trinajstić information content (AvgIpc) is 3.07. The number of rotatable bonds is 3. The first-order chi connectivity index (χ1) is 8.70. The van der Waals surface area contributed by atoms with Gasteiger partial charge in [-0.1, -0.05) is 15.9 Å². The third kappa shape index (κ3) is 2.64. The number of hydrogen-bond acceptors (Lipinski definition) is 3. The molecule has 1 fully saturated rings. The first-order valence-electron chi connectivity index (χ1n) is 5.81. The fraction of sp³-hybridized carbons (Fsp3) is 0.333. The third-order valence-electron chi connectivity index (χ3n) is 2.84. The van der Waals surface area contributed by atoms with Crippen LogP contribution in [0.1, 0.15) is 12.8 Å². The molecule has 1 aliphatic rings. The Kier molecular flexibility index (Phi) is 2.95. The summed E-state index contributed by atoms with van der Waals surface area (Å²) in [5.41, 5.74) is 1.59. The van der Waals surface area contributed by atoms with Crippen LogP contribution in [0.3, 0.4) is 0 Å². The lowest BCUT2D eigenvalue weighted by molar-refractivity contribution is 0.196. The van der Waals surface area contributed by atoms with Crippen LogP contribution in [0, 0.1) is 5.92 Å². The van der Waals surface area contributed by atoms with Gasteiger partial charge < -0.3 is 15.0 Å². The molecule has 0 bridgehead atoms. The average molecular weight is 310 g/mol. The van der Waals surface area contributed by atoms with Gasteiger partial charge in [0.25, 0.3) is 0 Å². The van der Waals surface area contributed by atoms with Crippen molar-refractivity contribution < 1.29 is 9.53 Å². The molecule has 2 aromatic rings. The van der Waals surface area contributed by atoms with Crippen molar-refractivity contribution in [2.75, 3.05) is 6.54 Å². The number of aromatic nitrogens is 2. The van der Waals surface area contributed by atoms with Crippen LogP contribution in [-0.2, 0) is 0 Å². The molecule has 1 aromatic heterocycles. The zero-order valence-electron chi connectivity index (χ0n) is 9.57. The van der Waals surface area contributed by atoms with Crippen molar-refractivity contribution in [2.24, 2.45) is 5.92 Å². The highest BCUT2D eigenvalue weighted by Crippen LogP contribution is 2.27. The molecule has 0 aliphatic heterocycles. The fourth-order valence-electron chi connectivity index (χ4n) is 1.68. The van der Waals surface area contributed by atoms with Crippen LogP contribution in [0.25, 0.3) is 11.0 Å². The second-order valence-electron chi connectivity index (χ2n) is 4.42. The van der Waals surface area contributed by atoms with Crippen LogP contribution in [-0.4, -0.2) is 22.6 Å². The Balaban J connectivity index is 1.67. The summed E-state index contributed by atoms with van der Waals surface area (Å²) in [6, 6.07) is 5.85. The Labute approximate surface area is 112 Å². The van der Waals surface area contributed by atoms with Crippen LogP contribution < -0.4 is 10.1 Å². The predicted octanol–water partition coefficient (Wildman–Crippen LogP) is 2.82. The highest BCUT2D eigenvalue weighted by Gasteiger charge is 2.22. The monoisotopic (exact) mass is 309 g/mol. The van der Waals surface area contributed by atoms with Gasteiger partial charge in [-0.15, -0.1) is 0 Å². The molecular weight excluding hydrogens is 298 g/mol. The van der Waals surface area contributed by atoms with Gasteiger partial charge in [0, 0.05) is 11.0 Å². The smallest absolute Gasteiger partial charge is 0.375 e. The number of benzene rings is 1. The van der Waals surface area contributed by atoms with Gasteiger partial charge in [0.05, 0.1) is 11.0 Å². The molecule has 0 saturated heterocycles. The SMILES string of the molecule is O=C(NCC1CC1)Oc1nc2ccc(Br)cc2[nH]1. The summed E-state index contributed by atoms with van der Waals surface area (Å²) in [4.78, 5) is 18.6. The first kappa shape index (κ1) is 11.5. The highest BCUT2D eigenvalue weighted by molar-refractivity contribution is 9.10. The fourth-order valence-corrected chi connectivity index (χ4v) is 2.04. The maximum absolute atomic E-state index is 11.5.